The highest BCUT2D eigenvalue weighted by molar-refractivity contribution is 5.78. The van der Waals surface area contributed by atoms with Crippen LogP contribution < -0.4 is 10.6 Å². The van der Waals surface area contributed by atoms with Crippen LogP contribution in [0.15, 0.2) is 30.3 Å². The van der Waals surface area contributed by atoms with E-state index in [2.05, 4.69) is 27.7 Å². The lowest BCUT2D eigenvalue weighted by molar-refractivity contribution is -0.121. The molecule has 1 atom stereocenters. The summed E-state index contributed by atoms with van der Waals surface area (Å²) in [4.78, 5) is 14.3. The van der Waals surface area contributed by atoms with E-state index < -0.39 is 0 Å². The lowest BCUT2D eigenvalue weighted by Gasteiger charge is -2.23. The van der Waals surface area contributed by atoms with Crippen LogP contribution in [0.1, 0.15) is 37.3 Å². The van der Waals surface area contributed by atoms with Crippen molar-refractivity contribution in [2.45, 2.75) is 37.8 Å². The van der Waals surface area contributed by atoms with Crippen molar-refractivity contribution in [3.8, 4) is 0 Å². The van der Waals surface area contributed by atoms with Gasteiger partial charge in [-0.2, -0.15) is 0 Å². The third-order valence-electron chi connectivity index (χ3n) is 3.99. The van der Waals surface area contributed by atoms with E-state index in [0.717, 1.165) is 12.1 Å². The van der Waals surface area contributed by atoms with Crippen molar-refractivity contribution in [2.75, 3.05) is 27.2 Å². The predicted octanol–water partition coefficient (Wildman–Crippen LogP) is 1.94. The topological polar surface area (TPSA) is 44.4 Å². The maximum Gasteiger partial charge on any atom is 0.234 e. The molecule has 1 amide bonds. The van der Waals surface area contributed by atoms with Gasteiger partial charge in [0.2, 0.25) is 5.91 Å². The van der Waals surface area contributed by atoms with Crippen LogP contribution in [-0.4, -0.2) is 44.0 Å². The summed E-state index contributed by atoms with van der Waals surface area (Å²) in [5, 5.41) is 6.51. The fourth-order valence-electron chi connectivity index (χ4n) is 2.90. The molecule has 4 nitrogen and oxygen atoms in total. The van der Waals surface area contributed by atoms with Gasteiger partial charge in [0, 0.05) is 12.6 Å². The van der Waals surface area contributed by atoms with E-state index in [4.69, 9.17) is 0 Å². The number of carbonyl (C=O) groups is 1. The molecule has 21 heavy (non-hydrogen) atoms. The minimum absolute atomic E-state index is 0.0408. The zero-order chi connectivity index (χ0) is 15.1. The number of benzene rings is 1. The van der Waals surface area contributed by atoms with E-state index in [9.17, 15) is 4.79 Å². The Hall–Kier alpha value is -1.39. The van der Waals surface area contributed by atoms with Crippen molar-refractivity contribution in [3.05, 3.63) is 35.9 Å². The largest absolute Gasteiger partial charge is 0.347 e. The second kappa shape index (κ2) is 8.15. The molecule has 1 aromatic carbocycles. The third kappa shape index (κ3) is 5.48. The van der Waals surface area contributed by atoms with E-state index in [1.54, 1.807) is 0 Å². The molecule has 4 heteroatoms. The first-order valence-corrected chi connectivity index (χ1v) is 7.87. The Labute approximate surface area is 127 Å². The van der Waals surface area contributed by atoms with Crippen molar-refractivity contribution in [2.24, 2.45) is 0 Å². The molecule has 0 bridgehead atoms. The van der Waals surface area contributed by atoms with Gasteiger partial charge < -0.3 is 15.5 Å². The highest BCUT2D eigenvalue weighted by Gasteiger charge is 2.18. The average molecular weight is 289 g/mol. The molecule has 1 unspecified atom stereocenters. The number of likely N-dealkylation sites (N-methyl/N-ethyl adjacent to an activating group) is 1. The average Bonchev–Trinajstić information content (AvgIpc) is 2.98. The van der Waals surface area contributed by atoms with Gasteiger partial charge in [-0.1, -0.05) is 43.2 Å². The summed E-state index contributed by atoms with van der Waals surface area (Å²) >= 11 is 0. The number of amides is 1. The summed E-state index contributed by atoms with van der Waals surface area (Å²) in [7, 11) is 4.05. The Bertz CT molecular complexity index is 427. The van der Waals surface area contributed by atoms with Gasteiger partial charge in [0.1, 0.15) is 0 Å². The first-order valence-electron chi connectivity index (χ1n) is 7.87. The molecular weight excluding hydrogens is 262 g/mol. The molecule has 0 radical (unpaired) electrons. The fraction of sp³-hybridized carbons (Fsp3) is 0.588. The lowest BCUT2D eigenvalue weighted by Crippen LogP contribution is -2.42. The summed E-state index contributed by atoms with van der Waals surface area (Å²) in [5.41, 5.74) is 1.15. The first-order chi connectivity index (χ1) is 10.1. The van der Waals surface area contributed by atoms with E-state index >= 15 is 0 Å². The second-order valence-electron chi connectivity index (χ2n) is 6.16. The molecule has 2 rings (SSSR count). The van der Waals surface area contributed by atoms with Crippen molar-refractivity contribution in [1.82, 2.24) is 15.5 Å². The molecule has 0 heterocycles. The van der Waals surface area contributed by atoms with Gasteiger partial charge in [0.25, 0.3) is 0 Å². The number of nitrogens with one attached hydrogen (secondary N) is 2. The fourth-order valence-corrected chi connectivity index (χ4v) is 2.90. The molecule has 1 aliphatic carbocycles. The summed E-state index contributed by atoms with van der Waals surface area (Å²) in [6.07, 6.45) is 4.97. The van der Waals surface area contributed by atoms with E-state index in [-0.39, 0.29) is 11.9 Å². The van der Waals surface area contributed by atoms with E-state index in [1.165, 1.54) is 25.7 Å². The van der Waals surface area contributed by atoms with Crippen LogP contribution in [0.2, 0.25) is 0 Å². The Kier molecular flexibility index (Phi) is 6.21. The summed E-state index contributed by atoms with van der Waals surface area (Å²) < 4.78 is 0. The quantitative estimate of drug-likeness (QED) is 0.806. The van der Waals surface area contributed by atoms with Crippen molar-refractivity contribution in [3.63, 3.8) is 0 Å². The summed E-state index contributed by atoms with van der Waals surface area (Å²) in [6, 6.07) is 10.7. The van der Waals surface area contributed by atoms with Gasteiger partial charge in [-0.05, 0) is 32.5 Å². The Morgan fingerprint density at radius 1 is 1.24 bits per heavy atom. The smallest absolute Gasteiger partial charge is 0.234 e. The maximum absolute atomic E-state index is 12.2. The van der Waals surface area contributed by atoms with Gasteiger partial charge in [-0.3, -0.25) is 4.79 Å². The number of carbonyl (C=O) groups excluding carboxylic acids is 1. The summed E-state index contributed by atoms with van der Waals surface area (Å²) in [5.74, 6) is 0.0811. The van der Waals surface area contributed by atoms with Crippen LogP contribution in [0.25, 0.3) is 0 Å². The van der Waals surface area contributed by atoms with Crippen molar-refractivity contribution >= 4 is 5.91 Å². The monoisotopic (exact) mass is 289 g/mol. The number of nitrogens with zero attached hydrogens (tertiary/aromatic N) is 1. The van der Waals surface area contributed by atoms with E-state index in [0.29, 0.717) is 12.6 Å². The molecule has 0 saturated heterocycles. The molecule has 1 saturated carbocycles. The van der Waals surface area contributed by atoms with Gasteiger partial charge in [0.15, 0.2) is 0 Å². The van der Waals surface area contributed by atoms with Crippen molar-refractivity contribution < 1.29 is 4.79 Å². The predicted molar refractivity (Wildman–Crippen MR) is 86.1 cm³/mol. The zero-order valence-electron chi connectivity index (χ0n) is 13.1. The van der Waals surface area contributed by atoms with Crippen LogP contribution in [0.4, 0.5) is 0 Å². The molecule has 0 aromatic heterocycles. The SMILES string of the molecule is CN(C)CC(NC(=O)CNC1CCCC1)c1ccccc1. The van der Waals surface area contributed by atoms with Crippen LogP contribution in [0.3, 0.4) is 0 Å². The van der Waals surface area contributed by atoms with Crippen molar-refractivity contribution in [1.29, 1.82) is 0 Å². The van der Waals surface area contributed by atoms with Crippen LogP contribution in [0.5, 0.6) is 0 Å². The number of hydrogen-bond acceptors (Lipinski definition) is 3. The zero-order valence-corrected chi connectivity index (χ0v) is 13.1. The maximum atomic E-state index is 12.2. The standard InChI is InChI=1S/C17H27N3O/c1-20(2)13-16(14-8-4-3-5-9-14)19-17(21)12-18-15-10-6-7-11-15/h3-5,8-9,15-16,18H,6-7,10-13H2,1-2H3,(H,19,21). The molecule has 1 fully saturated rings. The lowest BCUT2D eigenvalue weighted by atomic mass is 10.1. The number of hydrogen-bond donors (Lipinski definition) is 2. The molecule has 2 N–H and O–H groups in total. The minimum atomic E-state index is 0.0408. The number of rotatable bonds is 7. The molecule has 0 aliphatic heterocycles. The Balaban J connectivity index is 1.86. The van der Waals surface area contributed by atoms with Gasteiger partial charge >= 0.3 is 0 Å². The van der Waals surface area contributed by atoms with Gasteiger partial charge in [-0.25, -0.2) is 0 Å². The summed E-state index contributed by atoms with van der Waals surface area (Å²) in [6.45, 7) is 1.22. The Morgan fingerprint density at radius 2 is 1.90 bits per heavy atom. The van der Waals surface area contributed by atoms with Crippen LogP contribution in [0, 0.1) is 0 Å². The van der Waals surface area contributed by atoms with Gasteiger partial charge in [0.05, 0.1) is 12.6 Å². The third-order valence-corrected chi connectivity index (χ3v) is 3.99. The molecular formula is C17H27N3O. The highest BCUT2D eigenvalue weighted by atomic mass is 16.2. The normalized spacial score (nSPS) is 17.1. The first kappa shape index (κ1) is 16.0. The van der Waals surface area contributed by atoms with Gasteiger partial charge in [-0.15, -0.1) is 0 Å². The highest BCUT2D eigenvalue weighted by Crippen LogP contribution is 2.17. The Morgan fingerprint density at radius 3 is 2.52 bits per heavy atom. The van der Waals surface area contributed by atoms with Crippen LogP contribution in [-0.2, 0) is 4.79 Å². The molecule has 0 spiro atoms. The molecule has 1 aliphatic rings. The van der Waals surface area contributed by atoms with E-state index in [1.807, 2.05) is 32.3 Å². The molecule has 1 aromatic rings. The van der Waals surface area contributed by atoms with Crippen LogP contribution >= 0.6 is 0 Å². The minimum Gasteiger partial charge on any atom is -0.347 e. The molecule has 116 valence electrons. The second-order valence-corrected chi connectivity index (χ2v) is 6.16.